The van der Waals surface area contributed by atoms with Crippen LogP contribution in [0.4, 0.5) is 0 Å². The highest BCUT2D eigenvalue weighted by Gasteiger charge is 2.44. The molecule has 1 rings (SSSR count). The van der Waals surface area contributed by atoms with Crippen molar-refractivity contribution in [1.82, 2.24) is 5.32 Å². The minimum Gasteiger partial charge on any atom is -0.394 e. The van der Waals surface area contributed by atoms with Crippen LogP contribution in [0, 0.1) is 0 Å². The zero-order valence-corrected chi connectivity index (χ0v) is 55.2. The predicted molar refractivity (Wildman–Crippen MR) is 355 cm³/mol. The number of unbranched alkanes of at least 4 members (excludes halogenated alkanes) is 54. The molecule has 83 heavy (non-hydrogen) atoms. The molecule has 0 saturated carbocycles. The summed E-state index contributed by atoms with van der Waals surface area (Å²) in [5, 5.41) is 54.8. The number of hydrogen-bond donors (Lipinski definition) is 6. The molecule has 7 unspecified atom stereocenters. The number of ether oxygens (including phenoxy) is 2. The van der Waals surface area contributed by atoms with Crippen LogP contribution in [0.25, 0.3) is 0 Å². The number of nitrogens with one attached hydrogen (secondary N) is 1. The first-order valence-electron chi connectivity index (χ1n) is 37.1. The zero-order chi connectivity index (χ0) is 60.0. The summed E-state index contributed by atoms with van der Waals surface area (Å²) >= 11 is 0. The number of aliphatic hydroxyl groups is 5. The minimum absolute atomic E-state index is 0.177. The minimum atomic E-state index is -1.57. The highest BCUT2D eigenvalue weighted by molar-refractivity contribution is 5.76. The van der Waals surface area contributed by atoms with Crippen molar-refractivity contribution in [1.29, 1.82) is 0 Å². The van der Waals surface area contributed by atoms with E-state index in [1.54, 1.807) is 6.08 Å². The SMILES string of the molecule is CCCCCCCCCCCCCCCCCCCC/C=C/CC/C=C/C(O)C(COC1OC(CO)C(O)C(O)C1O)NC(=O)CCCCCCCCCCCCCCCCCCCCCCCCCCCCCCCCCCCCCC. The molecule has 0 aromatic heterocycles. The number of rotatable bonds is 66. The van der Waals surface area contributed by atoms with E-state index in [0.29, 0.717) is 6.42 Å². The van der Waals surface area contributed by atoms with E-state index < -0.39 is 49.5 Å². The van der Waals surface area contributed by atoms with E-state index in [-0.39, 0.29) is 12.5 Å². The Balaban J connectivity index is 2.08. The van der Waals surface area contributed by atoms with Gasteiger partial charge in [-0.3, -0.25) is 4.79 Å². The van der Waals surface area contributed by atoms with Crippen LogP contribution < -0.4 is 5.32 Å². The largest absolute Gasteiger partial charge is 0.394 e. The second kappa shape index (κ2) is 63.7. The highest BCUT2D eigenvalue weighted by atomic mass is 16.7. The Hall–Kier alpha value is -1.33. The molecule has 1 heterocycles. The highest BCUT2D eigenvalue weighted by Crippen LogP contribution is 2.24. The summed E-state index contributed by atoms with van der Waals surface area (Å²) in [6.07, 6.45) is 77.5. The van der Waals surface area contributed by atoms with Crippen molar-refractivity contribution < 1.29 is 39.8 Å². The van der Waals surface area contributed by atoms with Crippen LogP contribution >= 0.6 is 0 Å². The van der Waals surface area contributed by atoms with E-state index in [1.807, 2.05) is 6.08 Å². The average Bonchev–Trinajstić information content (AvgIpc) is 3.50. The maximum absolute atomic E-state index is 13.1. The summed E-state index contributed by atoms with van der Waals surface area (Å²) in [4.78, 5) is 13.1. The smallest absolute Gasteiger partial charge is 0.220 e. The molecular weight excluding hydrogens is 1030 g/mol. The van der Waals surface area contributed by atoms with Crippen LogP contribution in [0.2, 0.25) is 0 Å². The van der Waals surface area contributed by atoms with Crippen molar-refractivity contribution in [2.45, 2.75) is 429 Å². The van der Waals surface area contributed by atoms with E-state index in [4.69, 9.17) is 9.47 Å². The standard InChI is InChI=1S/C74H143NO8/c1-3-5-7-9-11-13-15-17-19-21-23-25-27-29-30-31-32-33-34-35-36-37-38-39-40-42-44-46-48-50-52-54-56-58-60-62-64-70(78)75-67(66-82-74-73(81)72(80)71(79)69(65-76)83-74)68(77)63-61-59-57-55-53-51-49-47-45-43-41-28-26-24-22-20-18-16-14-12-10-8-6-4-2/h53,55,61,63,67-69,71-74,76-77,79-81H,3-52,54,56-60,62,64-66H2,1-2H3,(H,75,78)/b55-53+,63-61+. The van der Waals surface area contributed by atoms with E-state index >= 15 is 0 Å². The number of amides is 1. The van der Waals surface area contributed by atoms with Crippen molar-refractivity contribution in [2.24, 2.45) is 0 Å². The molecular formula is C74H143NO8. The Labute approximate surface area is 515 Å². The van der Waals surface area contributed by atoms with Crippen molar-refractivity contribution in [3.8, 4) is 0 Å². The number of allylic oxidation sites excluding steroid dienone is 3. The maximum atomic E-state index is 13.1. The molecule has 9 heteroatoms. The second-order valence-electron chi connectivity index (χ2n) is 26.1. The normalized spacial score (nSPS) is 18.3. The van der Waals surface area contributed by atoms with Crippen LogP contribution in [-0.2, 0) is 14.3 Å². The lowest BCUT2D eigenvalue weighted by atomic mass is 9.99. The molecule has 0 bridgehead atoms. The first-order valence-corrected chi connectivity index (χ1v) is 37.1. The monoisotopic (exact) mass is 1170 g/mol. The maximum Gasteiger partial charge on any atom is 0.220 e. The van der Waals surface area contributed by atoms with Gasteiger partial charge in [-0.1, -0.05) is 372 Å². The fourth-order valence-corrected chi connectivity index (χ4v) is 12.2. The summed E-state index contributed by atoms with van der Waals surface area (Å²) in [7, 11) is 0. The molecule has 1 aliphatic rings. The van der Waals surface area contributed by atoms with Gasteiger partial charge in [0.2, 0.25) is 5.91 Å². The van der Waals surface area contributed by atoms with Gasteiger partial charge >= 0.3 is 0 Å². The molecule has 1 aliphatic heterocycles. The van der Waals surface area contributed by atoms with Gasteiger partial charge in [0.15, 0.2) is 6.29 Å². The average molecular weight is 1170 g/mol. The van der Waals surface area contributed by atoms with Crippen molar-refractivity contribution in [2.75, 3.05) is 13.2 Å². The molecule has 492 valence electrons. The van der Waals surface area contributed by atoms with E-state index in [1.165, 1.54) is 327 Å². The first kappa shape index (κ1) is 79.7. The third-order valence-corrected chi connectivity index (χ3v) is 18.0. The Bertz CT molecular complexity index is 1360. The summed E-state index contributed by atoms with van der Waals surface area (Å²) in [5.74, 6) is -0.177. The Kier molecular flexibility index (Phi) is 61.1. The predicted octanol–water partition coefficient (Wildman–Crippen LogP) is 20.4. The molecule has 1 fully saturated rings. The van der Waals surface area contributed by atoms with Crippen LogP contribution in [0.1, 0.15) is 386 Å². The van der Waals surface area contributed by atoms with Gasteiger partial charge in [-0.05, 0) is 32.1 Å². The summed E-state index contributed by atoms with van der Waals surface area (Å²) < 4.78 is 11.3. The van der Waals surface area contributed by atoms with E-state index in [0.717, 1.165) is 38.5 Å². The number of carbonyl (C=O) groups excluding carboxylic acids is 1. The van der Waals surface area contributed by atoms with E-state index in [9.17, 15) is 30.3 Å². The first-order chi connectivity index (χ1) is 40.8. The fraction of sp³-hybridized carbons (Fsp3) is 0.932. The van der Waals surface area contributed by atoms with Crippen LogP contribution in [0.5, 0.6) is 0 Å². The van der Waals surface area contributed by atoms with Gasteiger partial charge in [0.05, 0.1) is 25.4 Å². The van der Waals surface area contributed by atoms with Crippen molar-refractivity contribution in [3.63, 3.8) is 0 Å². The van der Waals surface area contributed by atoms with Crippen LogP contribution in [0.15, 0.2) is 24.3 Å². The molecule has 0 spiro atoms. The Morgan fingerprint density at radius 2 is 0.687 bits per heavy atom. The lowest BCUT2D eigenvalue weighted by molar-refractivity contribution is -0.302. The third-order valence-electron chi connectivity index (χ3n) is 18.0. The number of aliphatic hydroxyl groups excluding tert-OH is 5. The lowest BCUT2D eigenvalue weighted by Crippen LogP contribution is -2.60. The Morgan fingerprint density at radius 3 is 1.01 bits per heavy atom. The van der Waals surface area contributed by atoms with Gasteiger partial charge in [-0.25, -0.2) is 0 Å². The van der Waals surface area contributed by atoms with Gasteiger partial charge in [-0.2, -0.15) is 0 Å². The Morgan fingerprint density at radius 1 is 0.398 bits per heavy atom. The molecule has 6 N–H and O–H groups in total. The number of hydrogen-bond acceptors (Lipinski definition) is 8. The molecule has 7 atom stereocenters. The topological polar surface area (TPSA) is 149 Å². The van der Waals surface area contributed by atoms with Gasteiger partial charge < -0.3 is 40.3 Å². The van der Waals surface area contributed by atoms with Crippen LogP contribution in [0.3, 0.4) is 0 Å². The molecule has 9 nitrogen and oxygen atoms in total. The van der Waals surface area contributed by atoms with Crippen molar-refractivity contribution >= 4 is 5.91 Å². The summed E-state index contributed by atoms with van der Waals surface area (Å²) in [6, 6.07) is -0.820. The molecule has 0 aliphatic carbocycles. The van der Waals surface area contributed by atoms with Crippen molar-refractivity contribution in [3.05, 3.63) is 24.3 Å². The summed E-state index contributed by atoms with van der Waals surface area (Å²) in [5.41, 5.74) is 0. The van der Waals surface area contributed by atoms with Gasteiger partial charge in [0.1, 0.15) is 24.4 Å². The van der Waals surface area contributed by atoms with Crippen LogP contribution in [-0.4, -0.2) is 87.5 Å². The molecule has 0 aromatic carbocycles. The number of carbonyl (C=O) groups is 1. The zero-order valence-electron chi connectivity index (χ0n) is 55.2. The second-order valence-corrected chi connectivity index (χ2v) is 26.1. The molecule has 1 amide bonds. The fourth-order valence-electron chi connectivity index (χ4n) is 12.2. The van der Waals surface area contributed by atoms with E-state index in [2.05, 4.69) is 31.3 Å². The molecule has 0 aromatic rings. The quantitative estimate of drug-likeness (QED) is 0.0261. The lowest BCUT2D eigenvalue weighted by Gasteiger charge is -2.40. The summed E-state index contributed by atoms with van der Waals surface area (Å²) in [6.45, 7) is 3.83. The molecule has 1 saturated heterocycles. The molecule has 0 radical (unpaired) electrons. The third kappa shape index (κ3) is 52.3. The van der Waals surface area contributed by atoms with Gasteiger partial charge in [0.25, 0.3) is 0 Å². The van der Waals surface area contributed by atoms with Gasteiger partial charge in [-0.15, -0.1) is 0 Å². The van der Waals surface area contributed by atoms with Gasteiger partial charge in [0, 0.05) is 6.42 Å².